The first-order valence-corrected chi connectivity index (χ1v) is 12.7. The number of aliphatic hydroxyl groups excluding tert-OH is 2. The Balaban J connectivity index is 1.47. The van der Waals surface area contributed by atoms with E-state index in [0.717, 1.165) is 9.80 Å². The van der Waals surface area contributed by atoms with Gasteiger partial charge in [-0.25, -0.2) is 19.6 Å². The maximum Gasteiger partial charge on any atom is 0.329 e. The first kappa shape index (κ1) is 28.2. The average Bonchev–Trinajstić information content (AvgIpc) is 3.52. The van der Waals surface area contributed by atoms with Gasteiger partial charge < -0.3 is 19.3 Å². The SMILES string of the molecule is Cc1nccn1C[C@H](O)CN1C(=O)N(CN2C(=O)N(C[C@@H](O)Cn3ccnc3C)C(=O)C2(C)C)C(C)(C)C1=O. The van der Waals surface area contributed by atoms with Crippen LogP contribution in [0.15, 0.2) is 24.8 Å². The highest BCUT2D eigenvalue weighted by molar-refractivity contribution is 6.08. The van der Waals surface area contributed by atoms with Crippen molar-refractivity contribution in [2.24, 2.45) is 0 Å². The number of hydrogen-bond acceptors (Lipinski definition) is 8. The van der Waals surface area contributed by atoms with E-state index in [1.165, 1.54) is 9.80 Å². The van der Waals surface area contributed by atoms with Crippen LogP contribution in [0.3, 0.4) is 0 Å². The molecule has 0 aliphatic carbocycles. The van der Waals surface area contributed by atoms with E-state index in [1.54, 1.807) is 75.5 Å². The van der Waals surface area contributed by atoms with Crippen molar-refractivity contribution in [2.45, 2.75) is 77.9 Å². The van der Waals surface area contributed by atoms with Crippen molar-refractivity contribution in [2.75, 3.05) is 19.8 Å². The summed E-state index contributed by atoms with van der Waals surface area (Å²) in [5.74, 6) is 0.328. The van der Waals surface area contributed by atoms with Crippen LogP contribution < -0.4 is 0 Å². The molecule has 14 nitrogen and oxygen atoms in total. The standard InChI is InChI=1S/C25H36N8O6/c1-16-26-7-9-28(16)11-18(34)13-30-20(36)24(3,4)32(22(30)38)15-33-23(39)31(21(37)25(33,5)6)14-19(35)12-29-10-8-27-17(29)2/h7-10,18-19,34-35H,11-15H2,1-6H3/t18-,19-/m0/s1. The zero-order chi connectivity index (χ0) is 28.9. The Morgan fingerprint density at radius 3 is 1.36 bits per heavy atom. The fourth-order valence-corrected chi connectivity index (χ4v) is 4.96. The molecule has 212 valence electrons. The lowest BCUT2D eigenvalue weighted by Crippen LogP contribution is -2.55. The van der Waals surface area contributed by atoms with E-state index in [0.29, 0.717) is 11.6 Å². The second-order valence-electron chi connectivity index (χ2n) is 11.1. The van der Waals surface area contributed by atoms with E-state index >= 15 is 0 Å². The zero-order valence-corrected chi connectivity index (χ0v) is 23.1. The summed E-state index contributed by atoms with van der Waals surface area (Å²) in [5, 5.41) is 21.2. The van der Waals surface area contributed by atoms with Crippen LogP contribution in [-0.2, 0) is 22.7 Å². The summed E-state index contributed by atoms with van der Waals surface area (Å²) in [6.07, 6.45) is 4.50. The molecule has 2 aromatic rings. The Hall–Kier alpha value is -3.78. The minimum Gasteiger partial charge on any atom is -0.389 e. The maximum absolute atomic E-state index is 13.4. The quantitative estimate of drug-likeness (QED) is 0.401. The van der Waals surface area contributed by atoms with E-state index in [-0.39, 0.29) is 32.8 Å². The molecule has 39 heavy (non-hydrogen) atoms. The van der Waals surface area contributed by atoms with Gasteiger partial charge in [-0.15, -0.1) is 0 Å². The number of hydrogen-bond donors (Lipinski definition) is 2. The molecule has 0 saturated carbocycles. The van der Waals surface area contributed by atoms with E-state index in [2.05, 4.69) is 9.97 Å². The number of carbonyl (C=O) groups excluding carboxylic acids is 4. The summed E-state index contributed by atoms with van der Waals surface area (Å²) < 4.78 is 3.43. The Morgan fingerprint density at radius 2 is 1.05 bits per heavy atom. The molecular formula is C25H36N8O6. The molecule has 2 fully saturated rings. The largest absolute Gasteiger partial charge is 0.389 e. The van der Waals surface area contributed by atoms with Gasteiger partial charge in [0.25, 0.3) is 11.8 Å². The van der Waals surface area contributed by atoms with Crippen LogP contribution in [0, 0.1) is 13.8 Å². The molecule has 4 rings (SSSR count). The van der Waals surface area contributed by atoms with Crippen LogP contribution in [0.4, 0.5) is 9.59 Å². The Morgan fingerprint density at radius 1 is 0.692 bits per heavy atom. The first-order chi connectivity index (χ1) is 18.2. The summed E-state index contributed by atoms with van der Waals surface area (Å²) in [4.78, 5) is 65.9. The third-order valence-corrected chi connectivity index (χ3v) is 7.54. The number of amides is 6. The number of aliphatic hydroxyl groups is 2. The number of β-amino-alcohol motifs (C(OH)–C–C–N with tert-alkyl or cyclic N) is 2. The zero-order valence-electron chi connectivity index (χ0n) is 23.1. The van der Waals surface area contributed by atoms with Gasteiger partial charge in [0.2, 0.25) is 0 Å². The van der Waals surface area contributed by atoms with Gasteiger partial charge in [-0.2, -0.15) is 0 Å². The number of aryl methyl sites for hydroxylation is 2. The van der Waals surface area contributed by atoms with Crippen LogP contribution in [0.1, 0.15) is 39.3 Å². The molecule has 2 aromatic heterocycles. The minimum absolute atomic E-state index is 0.144. The van der Waals surface area contributed by atoms with E-state index in [9.17, 15) is 29.4 Å². The van der Waals surface area contributed by atoms with Gasteiger partial charge in [0.15, 0.2) is 0 Å². The fraction of sp³-hybridized carbons (Fsp3) is 0.600. The first-order valence-electron chi connectivity index (χ1n) is 12.7. The number of urea groups is 2. The van der Waals surface area contributed by atoms with Crippen molar-refractivity contribution in [1.29, 1.82) is 0 Å². The number of imide groups is 2. The number of nitrogens with zero attached hydrogens (tertiary/aromatic N) is 8. The summed E-state index contributed by atoms with van der Waals surface area (Å²) in [6, 6.07) is -1.34. The molecule has 2 atom stereocenters. The average molecular weight is 545 g/mol. The number of rotatable bonds is 10. The topological polar surface area (TPSA) is 157 Å². The van der Waals surface area contributed by atoms with E-state index in [4.69, 9.17) is 0 Å². The summed E-state index contributed by atoms with van der Waals surface area (Å²) in [6.45, 7) is 9.28. The molecule has 0 radical (unpaired) electrons. The van der Waals surface area contributed by atoms with Crippen molar-refractivity contribution < 1.29 is 29.4 Å². The van der Waals surface area contributed by atoms with Gasteiger partial charge >= 0.3 is 12.1 Å². The molecule has 2 N–H and O–H groups in total. The highest BCUT2D eigenvalue weighted by atomic mass is 16.3. The predicted molar refractivity (Wildman–Crippen MR) is 137 cm³/mol. The van der Waals surface area contributed by atoms with E-state index < -0.39 is 47.2 Å². The van der Waals surface area contributed by atoms with Crippen molar-refractivity contribution >= 4 is 23.9 Å². The minimum atomic E-state index is -1.33. The molecule has 0 unspecified atom stereocenters. The normalized spacial score (nSPS) is 20.5. The maximum atomic E-state index is 13.4. The van der Waals surface area contributed by atoms with Crippen LogP contribution in [-0.4, -0.2) is 116 Å². The van der Waals surface area contributed by atoms with Gasteiger partial charge in [0.05, 0.1) is 38.4 Å². The second kappa shape index (κ2) is 10.1. The summed E-state index contributed by atoms with van der Waals surface area (Å²) in [7, 11) is 0. The van der Waals surface area contributed by atoms with Gasteiger partial charge in [-0.3, -0.25) is 29.2 Å². The molecule has 4 heterocycles. The molecule has 6 amide bonds. The van der Waals surface area contributed by atoms with Crippen LogP contribution in [0.25, 0.3) is 0 Å². The second-order valence-corrected chi connectivity index (χ2v) is 11.1. The smallest absolute Gasteiger partial charge is 0.329 e. The van der Waals surface area contributed by atoms with Crippen LogP contribution in [0.5, 0.6) is 0 Å². The lowest BCUT2D eigenvalue weighted by molar-refractivity contribution is -0.134. The van der Waals surface area contributed by atoms with Crippen molar-refractivity contribution in [3.05, 3.63) is 36.4 Å². The summed E-state index contributed by atoms with van der Waals surface area (Å²) >= 11 is 0. The highest BCUT2D eigenvalue weighted by Crippen LogP contribution is 2.33. The predicted octanol–water partition coefficient (Wildman–Crippen LogP) is 0.162. The third kappa shape index (κ3) is 5.01. The van der Waals surface area contributed by atoms with Crippen LogP contribution >= 0.6 is 0 Å². The number of carbonyl (C=O) groups is 4. The number of aromatic nitrogens is 4. The molecule has 0 aromatic carbocycles. The highest BCUT2D eigenvalue weighted by Gasteiger charge is 2.57. The van der Waals surface area contributed by atoms with Gasteiger partial charge in [0, 0.05) is 24.8 Å². The monoisotopic (exact) mass is 544 g/mol. The Labute approximate surface area is 226 Å². The fourth-order valence-electron chi connectivity index (χ4n) is 4.96. The third-order valence-electron chi connectivity index (χ3n) is 7.54. The van der Waals surface area contributed by atoms with Crippen molar-refractivity contribution in [3.63, 3.8) is 0 Å². The Bertz CT molecular complexity index is 1190. The van der Waals surface area contributed by atoms with Crippen molar-refractivity contribution in [1.82, 2.24) is 38.7 Å². The molecule has 0 bridgehead atoms. The van der Waals surface area contributed by atoms with Crippen LogP contribution in [0.2, 0.25) is 0 Å². The summed E-state index contributed by atoms with van der Waals surface area (Å²) in [5.41, 5.74) is -2.65. The van der Waals surface area contributed by atoms with Gasteiger partial charge in [-0.05, 0) is 41.5 Å². The molecule has 2 aliphatic heterocycles. The van der Waals surface area contributed by atoms with Crippen molar-refractivity contribution in [3.8, 4) is 0 Å². The van der Waals surface area contributed by atoms with E-state index in [1.807, 2.05) is 0 Å². The number of imidazole rings is 2. The molecule has 2 saturated heterocycles. The van der Waals surface area contributed by atoms with Gasteiger partial charge in [-0.1, -0.05) is 0 Å². The van der Waals surface area contributed by atoms with Gasteiger partial charge in [0.1, 0.15) is 29.4 Å². The lowest BCUT2D eigenvalue weighted by atomic mass is 10.0. The molecule has 14 heteroatoms. The molecular weight excluding hydrogens is 508 g/mol. The molecule has 2 aliphatic rings. The molecule has 0 spiro atoms. The lowest BCUT2D eigenvalue weighted by Gasteiger charge is -2.36. The Kier molecular flexibility index (Phi) is 7.29.